The van der Waals surface area contributed by atoms with Gasteiger partial charge < -0.3 is 19.9 Å². The largest absolute Gasteiger partial charge is 0.504 e. The van der Waals surface area contributed by atoms with Gasteiger partial charge in [-0.25, -0.2) is 9.78 Å². The summed E-state index contributed by atoms with van der Waals surface area (Å²) in [4.78, 5) is 28.7. The zero-order chi connectivity index (χ0) is 24.1. The highest BCUT2D eigenvalue weighted by Crippen LogP contribution is 2.31. The first-order valence-electron chi connectivity index (χ1n) is 10.4. The number of aryl methyl sites for hydroxylation is 1. The van der Waals surface area contributed by atoms with Crippen LogP contribution >= 0.6 is 11.3 Å². The number of ether oxygens (including phenoxy) is 2. The number of rotatable bonds is 7. The van der Waals surface area contributed by atoms with E-state index in [0.717, 1.165) is 20.8 Å². The molecule has 0 spiro atoms. The number of methoxy groups -OCH3 is 1. The zero-order valence-electron chi connectivity index (χ0n) is 18.6. The molecule has 0 saturated carbocycles. The zero-order valence-corrected chi connectivity index (χ0v) is 19.4. The molecule has 0 bridgehead atoms. The lowest BCUT2D eigenvalue weighted by atomic mass is 10.2. The van der Waals surface area contributed by atoms with Gasteiger partial charge in [-0.15, -0.1) is 11.3 Å². The van der Waals surface area contributed by atoms with Crippen LogP contribution in [0.3, 0.4) is 0 Å². The van der Waals surface area contributed by atoms with Crippen LogP contribution in [0.15, 0.2) is 66.7 Å². The highest BCUT2D eigenvalue weighted by atomic mass is 32.1. The highest BCUT2D eigenvalue weighted by Gasteiger charge is 2.09. The Morgan fingerprint density at radius 2 is 1.88 bits per heavy atom. The maximum absolute atomic E-state index is 12.1. The first-order valence-corrected chi connectivity index (χ1v) is 11.2. The van der Waals surface area contributed by atoms with Crippen molar-refractivity contribution in [3.05, 3.63) is 77.9 Å². The number of aromatic hydroxyl groups is 1. The van der Waals surface area contributed by atoms with Gasteiger partial charge in [0.25, 0.3) is 5.91 Å². The Kier molecular flexibility index (Phi) is 6.89. The molecule has 172 valence electrons. The summed E-state index contributed by atoms with van der Waals surface area (Å²) in [5, 5.41) is 13.2. The van der Waals surface area contributed by atoms with Crippen molar-refractivity contribution in [2.75, 3.05) is 19.0 Å². The first kappa shape index (κ1) is 23.0. The molecule has 34 heavy (non-hydrogen) atoms. The van der Waals surface area contributed by atoms with Crippen LogP contribution in [0.4, 0.5) is 5.69 Å². The van der Waals surface area contributed by atoms with Crippen molar-refractivity contribution in [3.63, 3.8) is 0 Å². The molecule has 4 rings (SSSR count). The van der Waals surface area contributed by atoms with E-state index in [-0.39, 0.29) is 5.75 Å². The minimum absolute atomic E-state index is 0.00194. The Bertz CT molecular complexity index is 1380. The Balaban J connectivity index is 1.30. The molecule has 0 fully saturated rings. The molecule has 0 aliphatic carbocycles. The number of aromatic nitrogens is 1. The smallest absolute Gasteiger partial charge is 0.331 e. The van der Waals surface area contributed by atoms with Crippen molar-refractivity contribution >= 4 is 45.2 Å². The number of nitrogens with one attached hydrogen (secondary N) is 1. The summed E-state index contributed by atoms with van der Waals surface area (Å²) >= 11 is 1.62. The fourth-order valence-electron chi connectivity index (χ4n) is 3.20. The van der Waals surface area contributed by atoms with Gasteiger partial charge in [0, 0.05) is 17.3 Å². The Hall–Kier alpha value is -4.17. The number of amides is 1. The fourth-order valence-corrected chi connectivity index (χ4v) is 4.26. The van der Waals surface area contributed by atoms with Crippen LogP contribution in [0.5, 0.6) is 11.5 Å². The Morgan fingerprint density at radius 3 is 2.65 bits per heavy atom. The fraction of sp³-hybridized carbons (Fsp3) is 0.115. The lowest BCUT2D eigenvalue weighted by molar-refractivity contribution is -0.142. The van der Waals surface area contributed by atoms with Gasteiger partial charge in [-0.05, 0) is 72.7 Å². The molecule has 0 saturated heterocycles. The van der Waals surface area contributed by atoms with Crippen molar-refractivity contribution in [1.82, 2.24) is 4.98 Å². The van der Waals surface area contributed by atoms with E-state index >= 15 is 0 Å². The van der Waals surface area contributed by atoms with Crippen molar-refractivity contribution in [2.45, 2.75) is 6.92 Å². The van der Waals surface area contributed by atoms with E-state index in [1.165, 1.54) is 30.9 Å². The van der Waals surface area contributed by atoms with Crippen molar-refractivity contribution in [2.24, 2.45) is 0 Å². The second kappa shape index (κ2) is 10.2. The number of nitrogens with zero attached hydrogens (tertiary/aromatic N) is 1. The third-order valence-corrected chi connectivity index (χ3v) is 5.99. The first-order chi connectivity index (χ1) is 16.4. The number of benzene rings is 3. The molecule has 0 aliphatic heterocycles. The number of anilines is 1. The molecule has 3 aromatic carbocycles. The Labute approximate surface area is 200 Å². The number of phenols is 1. The highest BCUT2D eigenvalue weighted by molar-refractivity contribution is 7.21. The molecule has 2 N–H and O–H groups in total. The summed E-state index contributed by atoms with van der Waals surface area (Å²) in [6.45, 7) is 1.64. The van der Waals surface area contributed by atoms with Gasteiger partial charge in [0.1, 0.15) is 5.01 Å². The minimum atomic E-state index is -0.663. The topological polar surface area (TPSA) is 97.8 Å². The van der Waals surface area contributed by atoms with E-state index < -0.39 is 18.5 Å². The quantitative estimate of drug-likeness (QED) is 0.283. The average molecular weight is 475 g/mol. The molecular weight excluding hydrogens is 452 g/mol. The van der Waals surface area contributed by atoms with Gasteiger partial charge in [-0.2, -0.15) is 0 Å². The van der Waals surface area contributed by atoms with Crippen molar-refractivity contribution < 1.29 is 24.2 Å². The average Bonchev–Trinajstić information content (AvgIpc) is 3.26. The third kappa shape index (κ3) is 5.60. The Morgan fingerprint density at radius 1 is 1.09 bits per heavy atom. The van der Waals surface area contributed by atoms with Crippen LogP contribution in [0.25, 0.3) is 26.9 Å². The SMILES string of the molecule is COc1cc(C=CC(=O)OCC(=O)Nc2ccc(-c3nc4ccc(C)cc4s3)cc2)ccc1O. The normalized spacial score (nSPS) is 11.0. The van der Waals surface area contributed by atoms with Crippen LogP contribution < -0.4 is 10.1 Å². The van der Waals surface area contributed by atoms with Gasteiger partial charge in [-0.1, -0.05) is 12.1 Å². The number of carbonyl (C=O) groups excluding carboxylic acids is 2. The molecule has 1 heterocycles. The standard InChI is InChI=1S/C26H22N2O5S/c1-16-3-10-20-23(13-16)34-26(28-20)18-6-8-19(9-7-18)27-24(30)15-33-25(31)12-5-17-4-11-21(29)22(14-17)32-2/h3-14,29H,15H2,1-2H3,(H,27,30). The number of esters is 1. The van der Waals surface area contributed by atoms with Gasteiger partial charge >= 0.3 is 5.97 Å². The van der Waals surface area contributed by atoms with Gasteiger partial charge in [0.15, 0.2) is 18.1 Å². The maximum atomic E-state index is 12.1. The summed E-state index contributed by atoms with van der Waals surface area (Å²) in [5.74, 6) is -0.818. The molecule has 4 aromatic rings. The van der Waals surface area contributed by atoms with E-state index in [1.807, 2.05) is 24.3 Å². The van der Waals surface area contributed by atoms with Gasteiger partial charge in [0.05, 0.1) is 17.3 Å². The summed E-state index contributed by atoms with van der Waals surface area (Å²) in [7, 11) is 1.44. The number of carbonyl (C=O) groups is 2. The maximum Gasteiger partial charge on any atom is 0.331 e. The van der Waals surface area contributed by atoms with E-state index in [0.29, 0.717) is 17.0 Å². The van der Waals surface area contributed by atoms with Crippen LogP contribution in [-0.2, 0) is 14.3 Å². The summed E-state index contributed by atoms with van der Waals surface area (Å²) in [6.07, 6.45) is 2.71. The molecule has 0 atom stereocenters. The molecule has 7 nitrogen and oxygen atoms in total. The second-order valence-corrected chi connectivity index (χ2v) is 8.52. The predicted molar refractivity (Wildman–Crippen MR) is 133 cm³/mol. The van der Waals surface area contributed by atoms with Crippen LogP contribution in [0, 0.1) is 6.92 Å². The molecule has 1 aromatic heterocycles. The van der Waals surface area contributed by atoms with E-state index in [4.69, 9.17) is 9.47 Å². The lowest BCUT2D eigenvalue weighted by Crippen LogP contribution is -2.20. The molecule has 0 radical (unpaired) electrons. The molecule has 8 heteroatoms. The van der Waals surface area contributed by atoms with Gasteiger partial charge in [0.2, 0.25) is 0 Å². The number of hydrogen-bond donors (Lipinski definition) is 2. The number of hydrogen-bond acceptors (Lipinski definition) is 7. The third-order valence-electron chi connectivity index (χ3n) is 4.92. The second-order valence-electron chi connectivity index (χ2n) is 7.49. The van der Waals surface area contributed by atoms with E-state index in [9.17, 15) is 14.7 Å². The minimum Gasteiger partial charge on any atom is -0.504 e. The van der Waals surface area contributed by atoms with E-state index in [1.54, 1.807) is 35.6 Å². The lowest BCUT2D eigenvalue weighted by Gasteiger charge is -2.06. The summed E-state index contributed by atoms with van der Waals surface area (Å²) in [5.41, 5.74) is 4.34. The molecule has 0 unspecified atom stereocenters. The monoisotopic (exact) mass is 474 g/mol. The predicted octanol–water partition coefficient (Wildman–Crippen LogP) is 5.18. The van der Waals surface area contributed by atoms with Crippen LogP contribution in [-0.4, -0.2) is 35.7 Å². The van der Waals surface area contributed by atoms with Gasteiger partial charge in [-0.3, -0.25) is 4.79 Å². The van der Waals surface area contributed by atoms with Crippen molar-refractivity contribution in [3.8, 4) is 22.1 Å². The summed E-state index contributed by atoms with van der Waals surface area (Å²) in [6, 6.07) is 18.2. The molecule has 0 aliphatic rings. The van der Waals surface area contributed by atoms with E-state index in [2.05, 4.69) is 23.3 Å². The number of thiazole rings is 1. The van der Waals surface area contributed by atoms with Crippen molar-refractivity contribution in [1.29, 1.82) is 0 Å². The molecule has 1 amide bonds. The molecular formula is C26H22N2O5S. The van der Waals surface area contributed by atoms with Crippen LogP contribution in [0.1, 0.15) is 11.1 Å². The number of phenolic OH excluding ortho intramolecular Hbond substituents is 1. The number of fused-ring (bicyclic) bond motifs is 1. The summed E-state index contributed by atoms with van der Waals surface area (Å²) < 4.78 is 11.1. The van der Waals surface area contributed by atoms with Crippen LogP contribution in [0.2, 0.25) is 0 Å².